The maximum atomic E-state index is 12.3. The molecule has 0 spiro atoms. The van der Waals surface area contributed by atoms with Crippen LogP contribution in [0.15, 0.2) is 30.5 Å². The zero-order chi connectivity index (χ0) is 19.4. The van der Waals surface area contributed by atoms with Crippen molar-refractivity contribution in [1.82, 2.24) is 9.97 Å². The molecule has 3 rings (SSSR count). The summed E-state index contributed by atoms with van der Waals surface area (Å²) in [5.41, 5.74) is 2.50. The third-order valence-electron chi connectivity index (χ3n) is 5.07. The van der Waals surface area contributed by atoms with Crippen molar-refractivity contribution in [2.75, 3.05) is 0 Å². The number of carbonyl (C=O) groups excluding carboxylic acids is 3. The molecular formula is C21H24N2O4. The molecule has 0 amide bonds. The highest BCUT2D eigenvalue weighted by Gasteiger charge is 2.24. The molecule has 0 unspecified atom stereocenters. The zero-order valence-corrected chi connectivity index (χ0v) is 15.7. The number of benzene rings is 1. The predicted octanol–water partition coefficient (Wildman–Crippen LogP) is 3.37. The highest BCUT2D eigenvalue weighted by atomic mass is 16.5. The van der Waals surface area contributed by atoms with E-state index in [0.717, 1.165) is 30.4 Å². The second-order valence-corrected chi connectivity index (χ2v) is 7.13. The summed E-state index contributed by atoms with van der Waals surface area (Å²) < 4.78 is 5.31. The van der Waals surface area contributed by atoms with Gasteiger partial charge >= 0.3 is 5.97 Å². The van der Waals surface area contributed by atoms with E-state index in [9.17, 15) is 14.4 Å². The average Bonchev–Trinajstić information content (AvgIpc) is 3.29. The lowest BCUT2D eigenvalue weighted by Crippen LogP contribution is -2.14. The first kappa shape index (κ1) is 19.0. The maximum Gasteiger partial charge on any atom is 0.313 e. The van der Waals surface area contributed by atoms with Crippen molar-refractivity contribution in [3.8, 4) is 0 Å². The van der Waals surface area contributed by atoms with Crippen molar-refractivity contribution in [3.05, 3.63) is 53.1 Å². The highest BCUT2D eigenvalue weighted by Crippen LogP contribution is 2.26. The standard InChI is InChI=1S/C21H24N2O4/c1-13(21(26)27-12-18-11-22-20(23-18)14(2)24)16-8-6-15(7-9-16)10-17-4-3-5-19(17)25/h6-9,11,13,17H,3-5,10,12H2,1-2H3,(H,22,23)/t13-,17+/m1/s1. The lowest BCUT2D eigenvalue weighted by molar-refractivity contribution is -0.146. The van der Waals surface area contributed by atoms with Gasteiger partial charge in [-0.1, -0.05) is 24.3 Å². The van der Waals surface area contributed by atoms with Crippen LogP contribution in [0.25, 0.3) is 0 Å². The topological polar surface area (TPSA) is 89.1 Å². The molecule has 1 aromatic carbocycles. The number of aromatic amines is 1. The number of hydrogen-bond donors (Lipinski definition) is 1. The summed E-state index contributed by atoms with van der Waals surface area (Å²) in [6, 6.07) is 7.81. The molecule has 0 radical (unpaired) electrons. The molecule has 2 atom stereocenters. The summed E-state index contributed by atoms with van der Waals surface area (Å²) in [5.74, 6) is -0.153. The largest absolute Gasteiger partial charge is 0.459 e. The fourth-order valence-corrected chi connectivity index (χ4v) is 3.35. The second kappa shape index (κ2) is 8.29. The van der Waals surface area contributed by atoms with Crippen molar-refractivity contribution < 1.29 is 19.1 Å². The second-order valence-electron chi connectivity index (χ2n) is 7.13. The van der Waals surface area contributed by atoms with Crippen molar-refractivity contribution >= 4 is 17.5 Å². The maximum absolute atomic E-state index is 12.3. The Morgan fingerprint density at radius 1 is 1.30 bits per heavy atom. The molecule has 6 heteroatoms. The number of Topliss-reactive ketones (excluding diaryl/α,β-unsaturated/α-hetero) is 2. The molecule has 1 N–H and O–H groups in total. The minimum Gasteiger partial charge on any atom is -0.459 e. The predicted molar refractivity (Wildman–Crippen MR) is 99.3 cm³/mol. The van der Waals surface area contributed by atoms with Gasteiger partial charge in [0, 0.05) is 25.5 Å². The van der Waals surface area contributed by atoms with Crippen molar-refractivity contribution in [3.63, 3.8) is 0 Å². The summed E-state index contributed by atoms with van der Waals surface area (Å²) in [6.07, 6.45) is 5.01. The van der Waals surface area contributed by atoms with E-state index in [2.05, 4.69) is 9.97 Å². The molecule has 1 heterocycles. The molecule has 0 aliphatic heterocycles. The van der Waals surface area contributed by atoms with Crippen LogP contribution in [0.1, 0.15) is 66.5 Å². The third-order valence-corrected chi connectivity index (χ3v) is 5.07. The molecule has 0 saturated heterocycles. The van der Waals surface area contributed by atoms with Gasteiger partial charge in [-0.25, -0.2) is 4.98 Å². The molecule has 0 bridgehead atoms. The number of imidazole rings is 1. The normalized spacial score (nSPS) is 17.7. The molecule has 27 heavy (non-hydrogen) atoms. The van der Waals surface area contributed by atoms with E-state index >= 15 is 0 Å². The smallest absolute Gasteiger partial charge is 0.313 e. The molecule has 6 nitrogen and oxygen atoms in total. The van der Waals surface area contributed by atoms with Gasteiger partial charge in [-0.2, -0.15) is 0 Å². The molecular weight excluding hydrogens is 344 g/mol. The molecule has 1 aliphatic carbocycles. The highest BCUT2D eigenvalue weighted by molar-refractivity contribution is 5.90. The Kier molecular flexibility index (Phi) is 5.84. The van der Waals surface area contributed by atoms with Gasteiger partial charge in [0.2, 0.25) is 0 Å². The number of hydrogen-bond acceptors (Lipinski definition) is 5. The van der Waals surface area contributed by atoms with Crippen LogP contribution in [0, 0.1) is 5.92 Å². The number of nitrogens with zero attached hydrogens (tertiary/aromatic N) is 1. The molecule has 1 aromatic heterocycles. The van der Waals surface area contributed by atoms with E-state index in [1.54, 1.807) is 13.1 Å². The van der Waals surface area contributed by atoms with Gasteiger partial charge in [-0.05, 0) is 37.3 Å². The first-order valence-electron chi connectivity index (χ1n) is 9.27. The van der Waals surface area contributed by atoms with E-state index in [-0.39, 0.29) is 30.1 Å². The Bertz CT molecular complexity index is 838. The Balaban J connectivity index is 1.54. The first-order valence-corrected chi connectivity index (χ1v) is 9.27. The van der Waals surface area contributed by atoms with Crippen LogP contribution in [0.2, 0.25) is 0 Å². The van der Waals surface area contributed by atoms with E-state index < -0.39 is 5.92 Å². The molecule has 1 saturated carbocycles. The van der Waals surface area contributed by atoms with Gasteiger partial charge in [-0.15, -0.1) is 0 Å². The molecule has 2 aromatic rings. The number of carbonyl (C=O) groups is 3. The van der Waals surface area contributed by atoms with Gasteiger partial charge in [-0.3, -0.25) is 14.4 Å². The Morgan fingerprint density at radius 3 is 2.63 bits per heavy atom. The number of esters is 1. The average molecular weight is 368 g/mol. The number of aromatic nitrogens is 2. The third kappa shape index (κ3) is 4.70. The van der Waals surface area contributed by atoms with Crippen molar-refractivity contribution in [1.29, 1.82) is 0 Å². The number of ketones is 2. The summed E-state index contributed by atoms with van der Waals surface area (Å²) in [7, 11) is 0. The van der Waals surface area contributed by atoms with Gasteiger partial charge in [0.05, 0.1) is 11.6 Å². The van der Waals surface area contributed by atoms with Crippen LogP contribution in [-0.4, -0.2) is 27.5 Å². The molecule has 1 fully saturated rings. The van der Waals surface area contributed by atoms with Crippen LogP contribution in [0.5, 0.6) is 0 Å². The van der Waals surface area contributed by atoms with E-state index in [1.807, 2.05) is 24.3 Å². The van der Waals surface area contributed by atoms with Crippen LogP contribution in [0.4, 0.5) is 0 Å². The zero-order valence-electron chi connectivity index (χ0n) is 15.7. The van der Waals surface area contributed by atoms with Crippen LogP contribution >= 0.6 is 0 Å². The quantitative estimate of drug-likeness (QED) is 0.598. The number of nitrogens with one attached hydrogen (secondary N) is 1. The summed E-state index contributed by atoms with van der Waals surface area (Å²) in [6.45, 7) is 3.24. The van der Waals surface area contributed by atoms with Gasteiger partial charge in [0.25, 0.3) is 0 Å². The lowest BCUT2D eigenvalue weighted by atomic mass is 9.94. The Labute approximate surface area is 158 Å². The van der Waals surface area contributed by atoms with Gasteiger partial charge in [0.15, 0.2) is 11.6 Å². The van der Waals surface area contributed by atoms with Crippen LogP contribution in [-0.2, 0) is 27.4 Å². The fourth-order valence-electron chi connectivity index (χ4n) is 3.35. The first-order chi connectivity index (χ1) is 12.9. The van der Waals surface area contributed by atoms with Crippen LogP contribution in [0.3, 0.4) is 0 Å². The summed E-state index contributed by atoms with van der Waals surface area (Å²) in [4.78, 5) is 42.1. The SMILES string of the molecule is CC(=O)c1nc(COC(=O)[C@H](C)c2ccc(C[C@@H]3CCCC3=O)cc2)c[nH]1. The number of rotatable bonds is 7. The van der Waals surface area contributed by atoms with E-state index in [0.29, 0.717) is 17.9 Å². The fraction of sp³-hybridized carbons (Fsp3) is 0.429. The van der Waals surface area contributed by atoms with Crippen molar-refractivity contribution in [2.24, 2.45) is 5.92 Å². The van der Waals surface area contributed by atoms with E-state index in [1.165, 1.54) is 6.92 Å². The van der Waals surface area contributed by atoms with Gasteiger partial charge < -0.3 is 9.72 Å². The molecule has 1 aliphatic rings. The number of ether oxygens (including phenoxy) is 1. The minimum atomic E-state index is -0.404. The summed E-state index contributed by atoms with van der Waals surface area (Å²) in [5, 5.41) is 0. The Hall–Kier alpha value is -2.76. The summed E-state index contributed by atoms with van der Waals surface area (Å²) >= 11 is 0. The van der Waals surface area contributed by atoms with E-state index in [4.69, 9.17) is 4.74 Å². The van der Waals surface area contributed by atoms with Crippen molar-refractivity contribution in [2.45, 2.75) is 52.1 Å². The number of H-pyrrole nitrogens is 1. The molecule has 142 valence electrons. The minimum absolute atomic E-state index is 0.0226. The lowest BCUT2D eigenvalue weighted by Gasteiger charge is -2.13. The van der Waals surface area contributed by atoms with Gasteiger partial charge in [0.1, 0.15) is 12.4 Å². The Morgan fingerprint density at radius 2 is 2.04 bits per heavy atom. The monoisotopic (exact) mass is 368 g/mol. The van der Waals surface area contributed by atoms with Crippen LogP contribution < -0.4 is 0 Å².